The van der Waals surface area contributed by atoms with E-state index in [0.717, 1.165) is 0 Å². The Kier molecular flexibility index (Phi) is 2.36. The summed E-state index contributed by atoms with van der Waals surface area (Å²) in [7, 11) is -3.22. The lowest BCUT2D eigenvalue weighted by atomic mass is 10.1. The van der Waals surface area contributed by atoms with Gasteiger partial charge in [-0.15, -0.1) is 0 Å². The molecule has 1 aromatic heterocycles. The van der Waals surface area contributed by atoms with Crippen molar-refractivity contribution in [2.75, 3.05) is 6.26 Å². The molecule has 0 N–H and O–H groups in total. The highest BCUT2D eigenvalue weighted by molar-refractivity contribution is 7.90. The molecule has 1 aromatic carbocycles. The standard InChI is InChI=1S/C11H9O3S/c1-15(12,13)11-5-3-2-4-10(11)9-6-7-14-8-9/h2-5,7-8H,1H3. The molecule has 0 fully saturated rings. The molecule has 3 nitrogen and oxygen atoms in total. The summed E-state index contributed by atoms with van der Waals surface area (Å²) in [6.07, 6.45) is 4.06. The summed E-state index contributed by atoms with van der Waals surface area (Å²) in [6.45, 7) is 0. The maximum absolute atomic E-state index is 11.5. The van der Waals surface area contributed by atoms with Crippen molar-refractivity contribution in [1.82, 2.24) is 0 Å². The molecular formula is C11H9O3S. The van der Waals surface area contributed by atoms with Gasteiger partial charge in [0.15, 0.2) is 9.84 Å². The lowest BCUT2D eigenvalue weighted by molar-refractivity contribution is 0.567. The summed E-state index contributed by atoms with van der Waals surface area (Å²) in [5.74, 6) is 0. The zero-order valence-corrected chi connectivity index (χ0v) is 8.91. The Hall–Kier alpha value is -1.55. The fourth-order valence-corrected chi connectivity index (χ4v) is 2.29. The van der Waals surface area contributed by atoms with Gasteiger partial charge in [0, 0.05) is 23.4 Å². The van der Waals surface area contributed by atoms with Crippen LogP contribution in [0.5, 0.6) is 0 Å². The minimum absolute atomic E-state index is 0.294. The van der Waals surface area contributed by atoms with E-state index in [1.807, 2.05) is 0 Å². The van der Waals surface area contributed by atoms with Gasteiger partial charge in [0.25, 0.3) is 0 Å². The van der Waals surface area contributed by atoms with Crippen molar-refractivity contribution in [3.8, 4) is 11.1 Å². The number of hydrogen-bond acceptors (Lipinski definition) is 3. The van der Waals surface area contributed by atoms with Crippen molar-refractivity contribution >= 4 is 9.84 Å². The number of benzene rings is 1. The van der Waals surface area contributed by atoms with Crippen LogP contribution >= 0.6 is 0 Å². The van der Waals surface area contributed by atoms with E-state index in [1.165, 1.54) is 18.8 Å². The van der Waals surface area contributed by atoms with Gasteiger partial charge in [-0.25, -0.2) is 8.42 Å². The van der Waals surface area contributed by atoms with Gasteiger partial charge in [-0.3, -0.25) is 0 Å². The van der Waals surface area contributed by atoms with E-state index in [4.69, 9.17) is 4.42 Å². The van der Waals surface area contributed by atoms with Gasteiger partial charge >= 0.3 is 0 Å². The third kappa shape index (κ3) is 1.94. The summed E-state index contributed by atoms with van der Waals surface area (Å²) >= 11 is 0. The molecule has 0 unspecified atom stereocenters. The van der Waals surface area contributed by atoms with E-state index < -0.39 is 9.84 Å². The van der Waals surface area contributed by atoms with Gasteiger partial charge in [-0.05, 0) is 6.07 Å². The summed E-state index contributed by atoms with van der Waals surface area (Å²) in [5.41, 5.74) is 1.27. The molecule has 0 amide bonds. The maximum Gasteiger partial charge on any atom is 0.176 e. The summed E-state index contributed by atoms with van der Waals surface area (Å²) < 4.78 is 27.9. The van der Waals surface area contributed by atoms with Crippen LogP contribution in [0.3, 0.4) is 0 Å². The number of hydrogen-bond donors (Lipinski definition) is 0. The molecule has 2 rings (SSSR count). The normalized spacial score (nSPS) is 11.5. The fraction of sp³-hybridized carbons (Fsp3) is 0.0909. The van der Waals surface area contributed by atoms with Crippen LogP contribution in [0.15, 0.2) is 46.1 Å². The Labute approximate surface area is 88.3 Å². The van der Waals surface area contributed by atoms with E-state index in [-0.39, 0.29) is 0 Å². The molecule has 0 atom stereocenters. The van der Waals surface area contributed by atoms with Crippen molar-refractivity contribution in [3.05, 3.63) is 42.9 Å². The number of rotatable bonds is 2. The van der Waals surface area contributed by atoms with E-state index in [2.05, 4.69) is 6.07 Å². The van der Waals surface area contributed by atoms with Crippen molar-refractivity contribution in [2.45, 2.75) is 4.90 Å². The predicted molar refractivity (Wildman–Crippen MR) is 56.1 cm³/mol. The van der Waals surface area contributed by atoms with E-state index >= 15 is 0 Å². The van der Waals surface area contributed by atoms with Crippen molar-refractivity contribution in [2.24, 2.45) is 0 Å². The second-order valence-corrected chi connectivity index (χ2v) is 5.18. The molecule has 0 saturated carbocycles. The zero-order valence-electron chi connectivity index (χ0n) is 8.10. The Morgan fingerprint density at radius 2 is 2.00 bits per heavy atom. The van der Waals surface area contributed by atoms with Crippen LogP contribution in [0.2, 0.25) is 0 Å². The van der Waals surface area contributed by atoms with Crippen LogP contribution in [0.25, 0.3) is 11.1 Å². The fourth-order valence-electron chi connectivity index (χ4n) is 1.39. The molecule has 15 heavy (non-hydrogen) atoms. The molecule has 4 heteroatoms. The average molecular weight is 221 g/mol. The van der Waals surface area contributed by atoms with Crippen LogP contribution in [0.1, 0.15) is 0 Å². The molecule has 77 valence electrons. The highest BCUT2D eigenvalue weighted by Crippen LogP contribution is 2.26. The molecular weight excluding hydrogens is 212 g/mol. The predicted octanol–water partition coefficient (Wildman–Crippen LogP) is 2.15. The SMILES string of the molecule is CS(=O)(=O)c1ccccc1-c1[c]coc1. The first-order valence-corrected chi connectivity index (χ1v) is 6.21. The van der Waals surface area contributed by atoms with E-state index in [1.54, 1.807) is 24.3 Å². The van der Waals surface area contributed by atoms with Gasteiger partial charge in [0.05, 0.1) is 17.4 Å². The van der Waals surface area contributed by atoms with Gasteiger partial charge in [-0.1, -0.05) is 18.2 Å². The monoisotopic (exact) mass is 221 g/mol. The largest absolute Gasteiger partial charge is 0.471 e. The van der Waals surface area contributed by atoms with E-state index in [0.29, 0.717) is 16.0 Å². The average Bonchev–Trinajstić information content (AvgIpc) is 2.69. The molecule has 0 aliphatic rings. The van der Waals surface area contributed by atoms with Crippen LogP contribution in [0, 0.1) is 6.07 Å². The number of furan rings is 1. The lowest BCUT2D eigenvalue weighted by Gasteiger charge is -2.04. The topological polar surface area (TPSA) is 47.3 Å². The van der Waals surface area contributed by atoms with Crippen LogP contribution in [-0.4, -0.2) is 14.7 Å². The first-order valence-electron chi connectivity index (χ1n) is 4.32. The maximum atomic E-state index is 11.5. The van der Waals surface area contributed by atoms with Crippen molar-refractivity contribution < 1.29 is 12.8 Å². The minimum Gasteiger partial charge on any atom is -0.471 e. The van der Waals surface area contributed by atoms with Gasteiger partial charge in [-0.2, -0.15) is 0 Å². The van der Waals surface area contributed by atoms with Gasteiger partial charge in [0.2, 0.25) is 0 Å². The Balaban J connectivity index is 2.68. The van der Waals surface area contributed by atoms with Gasteiger partial charge in [0.1, 0.15) is 0 Å². The molecule has 0 saturated heterocycles. The zero-order chi connectivity index (χ0) is 10.9. The summed E-state index contributed by atoms with van der Waals surface area (Å²) in [5, 5.41) is 0. The Morgan fingerprint density at radius 1 is 1.27 bits per heavy atom. The second-order valence-electron chi connectivity index (χ2n) is 3.20. The third-order valence-corrected chi connectivity index (χ3v) is 3.20. The first-order chi connectivity index (χ1) is 7.09. The third-order valence-electron chi connectivity index (χ3n) is 2.05. The highest BCUT2D eigenvalue weighted by Gasteiger charge is 2.14. The van der Waals surface area contributed by atoms with Crippen LogP contribution in [0.4, 0.5) is 0 Å². The van der Waals surface area contributed by atoms with E-state index in [9.17, 15) is 8.42 Å². The molecule has 0 spiro atoms. The first kappa shape index (κ1) is 9.98. The quantitative estimate of drug-likeness (QED) is 0.780. The van der Waals surface area contributed by atoms with Crippen molar-refractivity contribution in [3.63, 3.8) is 0 Å². The molecule has 1 radical (unpaired) electrons. The van der Waals surface area contributed by atoms with Gasteiger partial charge < -0.3 is 4.42 Å². The minimum atomic E-state index is -3.22. The smallest absolute Gasteiger partial charge is 0.176 e. The van der Waals surface area contributed by atoms with Crippen LogP contribution < -0.4 is 0 Å². The molecule has 1 heterocycles. The molecule has 2 aromatic rings. The highest BCUT2D eigenvalue weighted by atomic mass is 32.2. The van der Waals surface area contributed by atoms with Crippen molar-refractivity contribution in [1.29, 1.82) is 0 Å². The lowest BCUT2D eigenvalue weighted by Crippen LogP contribution is -1.99. The Bertz CT molecular complexity index is 553. The summed E-state index contributed by atoms with van der Waals surface area (Å²) in [6, 6.07) is 9.62. The molecule has 0 bridgehead atoms. The summed E-state index contributed by atoms with van der Waals surface area (Å²) in [4.78, 5) is 0.294. The van der Waals surface area contributed by atoms with Crippen LogP contribution in [-0.2, 0) is 9.84 Å². The Morgan fingerprint density at radius 3 is 2.60 bits per heavy atom. The second kappa shape index (κ2) is 3.55. The molecule has 0 aliphatic heterocycles. The molecule has 0 aliphatic carbocycles. The number of sulfone groups is 1.